The molecule has 1 amide bonds. The van der Waals surface area contributed by atoms with E-state index in [0.717, 1.165) is 39.0 Å². The Balaban J connectivity index is 1.75. The van der Waals surface area contributed by atoms with Gasteiger partial charge in [-0.1, -0.05) is 25.1 Å². The third kappa shape index (κ3) is 5.72. The first-order valence-electron chi connectivity index (χ1n) is 9.92. The number of carbonyl (C=O) groups is 1. The quantitative estimate of drug-likeness (QED) is 0.550. The van der Waals surface area contributed by atoms with Gasteiger partial charge < -0.3 is 5.32 Å². The van der Waals surface area contributed by atoms with Crippen LogP contribution in [0.2, 0.25) is 0 Å². The molecule has 0 bridgehead atoms. The Hall–Kier alpha value is -1.61. The van der Waals surface area contributed by atoms with Crippen LogP contribution in [0.3, 0.4) is 0 Å². The van der Waals surface area contributed by atoms with Crippen molar-refractivity contribution in [2.24, 2.45) is 0 Å². The van der Waals surface area contributed by atoms with E-state index in [1.165, 1.54) is 24.0 Å². The van der Waals surface area contributed by atoms with Gasteiger partial charge in [-0.25, -0.2) is 8.42 Å². The summed E-state index contributed by atoms with van der Waals surface area (Å²) in [7, 11) is -3.58. The molecule has 29 heavy (non-hydrogen) atoms. The molecule has 0 saturated carbocycles. The van der Waals surface area contributed by atoms with E-state index in [-0.39, 0.29) is 18.5 Å². The van der Waals surface area contributed by atoms with Gasteiger partial charge in [0.2, 0.25) is 15.9 Å². The summed E-state index contributed by atoms with van der Waals surface area (Å²) < 4.78 is 26.7. The second-order valence-corrected chi connectivity index (χ2v) is 10.7. The molecule has 0 spiro atoms. The third-order valence-corrected chi connectivity index (χ3v) is 7.18. The highest BCUT2D eigenvalue weighted by molar-refractivity contribution is 14.1. The van der Waals surface area contributed by atoms with Gasteiger partial charge in [-0.05, 0) is 95.7 Å². The fourth-order valence-corrected chi connectivity index (χ4v) is 4.99. The van der Waals surface area contributed by atoms with Crippen molar-refractivity contribution in [1.82, 2.24) is 5.32 Å². The minimum atomic E-state index is -3.58. The topological polar surface area (TPSA) is 66.5 Å². The largest absolute Gasteiger partial charge is 0.348 e. The summed E-state index contributed by atoms with van der Waals surface area (Å²) >= 11 is 2.16. The van der Waals surface area contributed by atoms with Crippen LogP contribution in [0.4, 0.5) is 5.69 Å². The van der Waals surface area contributed by atoms with Gasteiger partial charge in [0.1, 0.15) is 6.54 Å². The first-order chi connectivity index (χ1) is 13.8. The van der Waals surface area contributed by atoms with Crippen LogP contribution in [0, 0.1) is 3.57 Å². The number of amides is 1. The molecule has 0 aromatic heterocycles. The molecule has 1 aliphatic carbocycles. The number of halogens is 1. The molecule has 7 heteroatoms. The molecule has 0 saturated heterocycles. The van der Waals surface area contributed by atoms with E-state index in [2.05, 4.69) is 46.1 Å². The molecule has 0 heterocycles. The highest BCUT2D eigenvalue weighted by atomic mass is 127. The normalized spacial score (nSPS) is 14.7. The number of sulfonamides is 1. The molecule has 5 nitrogen and oxygen atoms in total. The fourth-order valence-electron chi connectivity index (χ4n) is 3.77. The van der Waals surface area contributed by atoms with Gasteiger partial charge in [-0.15, -0.1) is 0 Å². The van der Waals surface area contributed by atoms with Gasteiger partial charge in [0.05, 0.1) is 18.0 Å². The molecule has 1 aliphatic rings. The highest BCUT2D eigenvalue weighted by Crippen LogP contribution is 2.26. The number of benzene rings is 2. The van der Waals surface area contributed by atoms with Gasteiger partial charge in [0, 0.05) is 3.57 Å². The van der Waals surface area contributed by atoms with E-state index in [9.17, 15) is 13.2 Å². The van der Waals surface area contributed by atoms with Crippen molar-refractivity contribution in [3.05, 3.63) is 62.7 Å². The zero-order valence-corrected chi connectivity index (χ0v) is 19.8. The molecule has 2 aromatic carbocycles. The van der Waals surface area contributed by atoms with E-state index >= 15 is 0 Å². The summed E-state index contributed by atoms with van der Waals surface area (Å²) in [5.41, 5.74) is 4.35. The average molecular weight is 526 g/mol. The van der Waals surface area contributed by atoms with E-state index in [4.69, 9.17) is 0 Å². The second-order valence-electron chi connectivity index (χ2n) is 7.51. The summed E-state index contributed by atoms with van der Waals surface area (Å²) in [6.07, 6.45) is 6.52. The molecular weight excluding hydrogens is 499 g/mol. The molecule has 1 N–H and O–H groups in total. The molecule has 0 aliphatic heterocycles. The van der Waals surface area contributed by atoms with E-state index in [1.54, 1.807) is 12.1 Å². The van der Waals surface area contributed by atoms with Crippen molar-refractivity contribution >= 4 is 44.2 Å². The first kappa shape index (κ1) is 22.1. The van der Waals surface area contributed by atoms with Gasteiger partial charge in [0.25, 0.3) is 0 Å². The van der Waals surface area contributed by atoms with Crippen LogP contribution in [-0.4, -0.2) is 27.1 Å². The van der Waals surface area contributed by atoms with E-state index in [1.807, 2.05) is 19.1 Å². The summed E-state index contributed by atoms with van der Waals surface area (Å²) in [4.78, 5) is 12.8. The molecule has 0 radical (unpaired) electrons. The van der Waals surface area contributed by atoms with Crippen LogP contribution in [0.25, 0.3) is 0 Å². The van der Waals surface area contributed by atoms with Crippen LogP contribution < -0.4 is 9.62 Å². The Morgan fingerprint density at radius 1 is 1.10 bits per heavy atom. The van der Waals surface area contributed by atoms with Crippen molar-refractivity contribution < 1.29 is 13.2 Å². The zero-order chi connectivity index (χ0) is 21.0. The molecule has 2 aromatic rings. The van der Waals surface area contributed by atoms with E-state index in [0.29, 0.717) is 5.69 Å². The van der Waals surface area contributed by atoms with Crippen molar-refractivity contribution in [3.8, 4) is 0 Å². The minimum Gasteiger partial charge on any atom is -0.348 e. The highest BCUT2D eigenvalue weighted by Gasteiger charge is 2.23. The second kappa shape index (κ2) is 9.47. The van der Waals surface area contributed by atoms with E-state index < -0.39 is 10.0 Å². The van der Waals surface area contributed by atoms with Gasteiger partial charge in [-0.2, -0.15) is 0 Å². The monoisotopic (exact) mass is 526 g/mol. The van der Waals surface area contributed by atoms with Gasteiger partial charge in [0.15, 0.2) is 0 Å². The maximum absolute atomic E-state index is 12.8. The SMILES string of the molecule is CC[C@H](NC(=O)CN(c1ccc(I)cc1)S(C)(=O)=O)c1ccc2c(c1)CCCC2. The fraction of sp³-hybridized carbons (Fsp3) is 0.409. The zero-order valence-electron chi connectivity index (χ0n) is 16.8. The Bertz CT molecular complexity index is 974. The summed E-state index contributed by atoms with van der Waals surface area (Å²) in [6.45, 7) is 1.79. The lowest BCUT2D eigenvalue weighted by Gasteiger charge is -2.25. The van der Waals surface area contributed by atoms with Crippen molar-refractivity contribution in [2.75, 3.05) is 17.1 Å². The van der Waals surface area contributed by atoms with Crippen LogP contribution >= 0.6 is 22.6 Å². The maximum atomic E-state index is 12.8. The standard InChI is InChI=1S/C22H27IN2O3S/c1-3-21(18-9-8-16-6-4-5-7-17(16)14-18)24-22(26)15-25(29(2,27)28)20-12-10-19(23)11-13-20/h8-14,21H,3-7,15H2,1-2H3,(H,24,26)/t21-/m0/s1. The lowest BCUT2D eigenvalue weighted by Crippen LogP contribution is -2.41. The number of nitrogens with one attached hydrogen (secondary N) is 1. The predicted octanol–water partition coefficient (Wildman–Crippen LogP) is 4.20. The van der Waals surface area contributed by atoms with Crippen molar-refractivity contribution in [2.45, 2.75) is 45.1 Å². The molecular formula is C22H27IN2O3S. The first-order valence-corrected chi connectivity index (χ1v) is 12.8. The van der Waals surface area contributed by atoms with Crippen molar-refractivity contribution in [3.63, 3.8) is 0 Å². The van der Waals surface area contributed by atoms with Crippen LogP contribution in [0.15, 0.2) is 42.5 Å². The van der Waals surface area contributed by atoms with Crippen molar-refractivity contribution in [1.29, 1.82) is 0 Å². The lowest BCUT2D eigenvalue weighted by atomic mass is 9.89. The number of nitrogens with zero attached hydrogens (tertiary/aromatic N) is 1. The Morgan fingerprint density at radius 2 is 1.76 bits per heavy atom. The smallest absolute Gasteiger partial charge is 0.241 e. The average Bonchev–Trinajstić information content (AvgIpc) is 2.70. The lowest BCUT2D eigenvalue weighted by molar-refractivity contribution is -0.120. The third-order valence-electron chi connectivity index (χ3n) is 5.32. The summed E-state index contributed by atoms with van der Waals surface area (Å²) in [5, 5.41) is 3.03. The molecule has 0 fully saturated rings. The van der Waals surface area contributed by atoms with Gasteiger partial charge in [-0.3, -0.25) is 9.10 Å². The Kier molecular flexibility index (Phi) is 7.21. The Labute approximate surface area is 187 Å². The Morgan fingerprint density at radius 3 is 2.38 bits per heavy atom. The van der Waals surface area contributed by atoms with Crippen LogP contribution in [-0.2, 0) is 27.7 Å². The van der Waals surface area contributed by atoms with Crippen LogP contribution in [0.5, 0.6) is 0 Å². The predicted molar refractivity (Wildman–Crippen MR) is 126 cm³/mol. The number of hydrogen-bond donors (Lipinski definition) is 1. The molecule has 0 unspecified atom stereocenters. The number of carbonyl (C=O) groups excluding carboxylic acids is 1. The number of rotatable bonds is 7. The number of hydrogen-bond acceptors (Lipinski definition) is 3. The molecule has 3 rings (SSSR count). The van der Waals surface area contributed by atoms with Crippen LogP contribution in [0.1, 0.15) is 48.9 Å². The molecule has 1 atom stereocenters. The summed E-state index contributed by atoms with van der Waals surface area (Å²) in [5.74, 6) is -0.307. The number of fused-ring (bicyclic) bond motifs is 1. The maximum Gasteiger partial charge on any atom is 0.241 e. The van der Waals surface area contributed by atoms with Gasteiger partial charge >= 0.3 is 0 Å². The minimum absolute atomic E-state index is 0.132. The number of anilines is 1. The molecule has 156 valence electrons. The number of aryl methyl sites for hydroxylation is 2. The summed E-state index contributed by atoms with van der Waals surface area (Å²) in [6, 6.07) is 13.4.